The van der Waals surface area contributed by atoms with Crippen LogP contribution in [0.25, 0.3) is 0 Å². The van der Waals surface area contributed by atoms with Crippen molar-refractivity contribution in [1.82, 2.24) is 10.6 Å². The van der Waals surface area contributed by atoms with Crippen molar-refractivity contribution in [3.8, 4) is 0 Å². The summed E-state index contributed by atoms with van der Waals surface area (Å²) < 4.78 is 0. The zero-order valence-corrected chi connectivity index (χ0v) is 14.2. The highest BCUT2D eigenvalue weighted by molar-refractivity contribution is 7.99. The lowest BCUT2D eigenvalue weighted by Crippen LogP contribution is -2.49. The van der Waals surface area contributed by atoms with Crippen LogP contribution < -0.4 is 16.4 Å². The molecule has 10 heteroatoms. The Morgan fingerprint density at radius 3 is 2.38 bits per heavy atom. The molecular formula is C14H23N3O6S. The van der Waals surface area contributed by atoms with Crippen LogP contribution in [-0.4, -0.2) is 64.1 Å². The van der Waals surface area contributed by atoms with Crippen molar-refractivity contribution in [2.75, 3.05) is 18.1 Å². The number of carboxylic acids is 2. The molecule has 24 heavy (non-hydrogen) atoms. The van der Waals surface area contributed by atoms with Gasteiger partial charge in [0.05, 0.1) is 0 Å². The molecule has 0 rings (SSSR count). The molecule has 9 nitrogen and oxygen atoms in total. The molecule has 2 atom stereocenters. The van der Waals surface area contributed by atoms with Gasteiger partial charge in [0.25, 0.3) is 0 Å². The van der Waals surface area contributed by atoms with Crippen LogP contribution in [0.2, 0.25) is 0 Å². The number of carboxylic acid groups (broad SMARTS) is 2. The van der Waals surface area contributed by atoms with Crippen molar-refractivity contribution in [3.05, 3.63) is 12.2 Å². The molecule has 136 valence electrons. The summed E-state index contributed by atoms with van der Waals surface area (Å²) in [7, 11) is 0. The average molecular weight is 361 g/mol. The predicted octanol–water partition coefficient (Wildman–Crippen LogP) is -0.827. The van der Waals surface area contributed by atoms with Gasteiger partial charge in [0.15, 0.2) is 0 Å². The van der Waals surface area contributed by atoms with Crippen molar-refractivity contribution in [1.29, 1.82) is 0 Å². The molecule has 0 aliphatic rings. The molecule has 0 aliphatic carbocycles. The summed E-state index contributed by atoms with van der Waals surface area (Å²) in [5, 5.41) is 21.9. The number of nitrogens with one attached hydrogen (secondary N) is 2. The molecular weight excluding hydrogens is 338 g/mol. The Morgan fingerprint density at radius 2 is 1.88 bits per heavy atom. The van der Waals surface area contributed by atoms with E-state index in [2.05, 4.69) is 17.2 Å². The SMILES string of the molecule is C=C(C)CSC[C@H](NC(=O)CC[C@H](N)C(=O)O)C(=O)NCC(=O)O. The van der Waals surface area contributed by atoms with Gasteiger partial charge in [-0.25, -0.2) is 0 Å². The molecule has 0 aromatic carbocycles. The van der Waals surface area contributed by atoms with E-state index in [1.165, 1.54) is 11.8 Å². The van der Waals surface area contributed by atoms with E-state index in [-0.39, 0.29) is 18.6 Å². The average Bonchev–Trinajstić information content (AvgIpc) is 2.48. The molecule has 0 fully saturated rings. The lowest BCUT2D eigenvalue weighted by molar-refractivity contribution is -0.139. The monoisotopic (exact) mass is 361 g/mol. The second kappa shape index (κ2) is 11.5. The maximum Gasteiger partial charge on any atom is 0.322 e. The minimum absolute atomic E-state index is 0.0659. The number of carbonyl (C=O) groups is 4. The number of carbonyl (C=O) groups excluding carboxylic acids is 2. The summed E-state index contributed by atoms with van der Waals surface area (Å²) in [6, 6.07) is -2.09. The van der Waals surface area contributed by atoms with Gasteiger partial charge in [-0.2, -0.15) is 11.8 Å². The van der Waals surface area contributed by atoms with Crippen LogP contribution in [0.5, 0.6) is 0 Å². The number of hydrogen-bond donors (Lipinski definition) is 5. The number of nitrogens with two attached hydrogens (primary N) is 1. The molecule has 2 amide bonds. The number of rotatable bonds is 12. The third-order valence-corrected chi connectivity index (χ3v) is 3.96. The highest BCUT2D eigenvalue weighted by Crippen LogP contribution is 2.08. The number of thioether (sulfide) groups is 1. The van der Waals surface area contributed by atoms with Crippen LogP contribution in [-0.2, 0) is 19.2 Å². The maximum atomic E-state index is 12.0. The molecule has 0 saturated heterocycles. The van der Waals surface area contributed by atoms with Crippen molar-refractivity contribution in [3.63, 3.8) is 0 Å². The Labute approximate surface area is 144 Å². The van der Waals surface area contributed by atoms with Crippen LogP contribution >= 0.6 is 11.8 Å². The predicted molar refractivity (Wildman–Crippen MR) is 89.6 cm³/mol. The van der Waals surface area contributed by atoms with Gasteiger partial charge in [-0.3, -0.25) is 19.2 Å². The largest absolute Gasteiger partial charge is 0.480 e. The van der Waals surface area contributed by atoms with E-state index in [1.807, 2.05) is 6.92 Å². The third-order valence-electron chi connectivity index (χ3n) is 2.70. The van der Waals surface area contributed by atoms with Crippen molar-refractivity contribution in [2.45, 2.75) is 31.8 Å². The van der Waals surface area contributed by atoms with Crippen LogP contribution in [0.1, 0.15) is 19.8 Å². The first-order valence-electron chi connectivity index (χ1n) is 7.12. The van der Waals surface area contributed by atoms with Crippen LogP contribution in [0.4, 0.5) is 0 Å². The number of amides is 2. The molecule has 0 heterocycles. The molecule has 0 bridgehead atoms. The quantitative estimate of drug-likeness (QED) is 0.282. The summed E-state index contributed by atoms with van der Waals surface area (Å²) in [6.07, 6.45) is -0.217. The van der Waals surface area contributed by atoms with Gasteiger partial charge in [0, 0.05) is 17.9 Å². The molecule has 6 N–H and O–H groups in total. The zero-order chi connectivity index (χ0) is 18.7. The third kappa shape index (κ3) is 10.6. The fraction of sp³-hybridized carbons (Fsp3) is 0.571. The second-order valence-corrected chi connectivity index (χ2v) is 6.22. The van der Waals surface area contributed by atoms with Crippen LogP contribution in [0, 0.1) is 0 Å². The molecule has 0 aromatic heterocycles. The standard InChI is InChI=1S/C14H23N3O6S/c1-8(2)6-24-7-10(13(21)16-5-12(19)20)17-11(18)4-3-9(15)14(22)23/h9-10H,1,3-7,15H2,2H3,(H,16,21)(H,17,18)(H,19,20)(H,22,23)/t9-,10-/m0/s1. The summed E-state index contributed by atoms with van der Waals surface area (Å²) in [4.78, 5) is 44.9. The summed E-state index contributed by atoms with van der Waals surface area (Å²) >= 11 is 1.36. The minimum atomic E-state index is -1.21. The lowest BCUT2D eigenvalue weighted by Gasteiger charge is -2.18. The Morgan fingerprint density at radius 1 is 1.25 bits per heavy atom. The van der Waals surface area contributed by atoms with E-state index in [1.54, 1.807) is 0 Å². The Bertz CT molecular complexity index is 497. The Kier molecular flexibility index (Phi) is 10.5. The van der Waals surface area contributed by atoms with Crippen LogP contribution in [0.15, 0.2) is 12.2 Å². The van der Waals surface area contributed by atoms with E-state index >= 15 is 0 Å². The summed E-state index contributed by atoms with van der Waals surface area (Å²) in [5.41, 5.74) is 6.20. The fourth-order valence-electron chi connectivity index (χ4n) is 1.50. The van der Waals surface area contributed by atoms with E-state index in [0.717, 1.165) is 5.57 Å². The zero-order valence-electron chi connectivity index (χ0n) is 13.4. The highest BCUT2D eigenvalue weighted by Gasteiger charge is 2.22. The van der Waals surface area contributed by atoms with E-state index in [4.69, 9.17) is 15.9 Å². The van der Waals surface area contributed by atoms with Gasteiger partial charge in [0.1, 0.15) is 18.6 Å². The minimum Gasteiger partial charge on any atom is -0.480 e. The molecule has 0 radical (unpaired) electrons. The van der Waals surface area contributed by atoms with Gasteiger partial charge in [-0.1, -0.05) is 12.2 Å². The van der Waals surface area contributed by atoms with Crippen molar-refractivity contribution >= 4 is 35.5 Å². The lowest BCUT2D eigenvalue weighted by atomic mass is 10.1. The normalized spacial score (nSPS) is 12.8. The van der Waals surface area contributed by atoms with Gasteiger partial charge in [-0.05, 0) is 13.3 Å². The van der Waals surface area contributed by atoms with Gasteiger partial charge < -0.3 is 26.6 Å². The maximum absolute atomic E-state index is 12.0. The number of aliphatic carboxylic acids is 2. The van der Waals surface area contributed by atoms with Gasteiger partial charge in [-0.15, -0.1) is 0 Å². The number of hydrogen-bond acceptors (Lipinski definition) is 6. The van der Waals surface area contributed by atoms with Crippen LogP contribution in [0.3, 0.4) is 0 Å². The molecule has 0 unspecified atom stereocenters. The van der Waals surface area contributed by atoms with Gasteiger partial charge in [0.2, 0.25) is 11.8 Å². The first-order valence-corrected chi connectivity index (χ1v) is 8.28. The first kappa shape index (κ1) is 21.9. The topological polar surface area (TPSA) is 159 Å². The molecule has 0 spiro atoms. The van der Waals surface area contributed by atoms with E-state index in [0.29, 0.717) is 5.75 Å². The molecule has 0 saturated carbocycles. The van der Waals surface area contributed by atoms with Crippen molar-refractivity contribution < 1.29 is 29.4 Å². The molecule has 0 aliphatic heterocycles. The smallest absolute Gasteiger partial charge is 0.322 e. The van der Waals surface area contributed by atoms with Gasteiger partial charge >= 0.3 is 11.9 Å². The first-order chi connectivity index (χ1) is 11.1. The van der Waals surface area contributed by atoms with Crippen molar-refractivity contribution in [2.24, 2.45) is 5.73 Å². The second-order valence-electron chi connectivity index (χ2n) is 5.19. The summed E-state index contributed by atoms with van der Waals surface area (Å²) in [5.74, 6) is -2.75. The summed E-state index contributed by atoms with van der Waals surface area (Å²) in [6.45, 7) is 4.99. The Balaban J connectivity index is 4.57. The Hall–Kier alpha value is -2.07. The molecule has 0 aromatic rings. The van der Waals surface area contributed by atoms with E-state index < -0.39 is 42.4 Å². The highest BCUT2D eigenvalue weighted by atomic mass is 32.2. The van der Waals surface area contributed by atoms with E-state index in [9.17, 15) is 19.2 Å². The fourth-order valence-corrected chi connectivity index (χ4v) is 2.43.